The number of hydrazone groups is 1. The fourth-order valence-corrected chi connectivity index (χ4v) is 2.99. The Kier molecular flexibility index (Phi) is 6.43. The first-order chi connectivity index (χ1) is 14.0. The molecule has 1 heterocycles. The highest BCUT2D eigenvalue weighted by Crippen LogP contribution is 2.38. The van der Waals surface area contributed by atoms with E-state index in [-0.39, 0.29) is 18.6 Å². The van der Waals surface area contributed by atoms with Gasteiger partial charge >= 0.3 is 0 Å². The highest BCUT2D eigenvalue weighted by atomic mass is 16.7. The predicted molar refractivity (Wildman–Crippen MR) is 107 cm³/mol. The molecule has 1 aliphatic rings. The van der Waals surface area contributed by atoms with E-state index in [9.17, 15) is 4.79 Å². The fourth-order valence-electron chi connectivity index (χ4n) is 2.99. The SMILES string of the molecule is COc1cc(C(=O)N/N=C\[C@@H](C)Cc2ccc3c(c2)OCO3)cc(OC)c1OC. The summed E-state index contributed by atoms with van der Waals surface area (Å²) in [4.78, 5) is 12.4. The van der Waals surface area contributed by atoms with Gasteiger partial charge < -0.3 is 23.7 Å². The second-order valence-corrected chi connectivity index (χ2v) is 6.50. The number of benzene rings is 2. The number of rotatable bonds is 8. The summed E-state index contributed by atoms with van der Waals surface area (Å²) in [6.45, 7) is 2.27. The monoisotopic (exact) mass is 400 g/mol. The lowest BCUT2D eigenvalue weighted by Crippen LogP contribution is -2.19. The zero-order valence-corrected chi connectivity index (χ0v) is 16.9. The van der Waals surface area contributed by atoms with Crippen LogP contribution < -0.4 is 29.1 Å². The number of carbonyl (C=O) groups excluding carboxylic acids is 1. The van der Waals surface area contributed by atoms with Crippen LogP contribution in [0.1, 0.15) is 22.8 Å². The number of methoxy groups -OCH3 is 3. The third-order valence-electron chi connectivity index (χ3n) is 4.42. The minimum Gasteiger partial charge on any atom is -0.493 e. The van der Waals surface area contributed by atoms with Gasteiger partial charge in [-0.05, 0) is 42.2 Å². The normalized spacial score (nSPS) is 13.2. The van der Waals surface area contributed by atoms with Gasteiger partial charge in [0.05, 0.1) is 21.3 Å². The average Bonchev–Trinajstić information content (AvgIpc) is 3.20. The number of nitrogens with zero attached hydrogens (tertiary/aromatic N) is 1. The van der Waals surface area contributed by atoms with E-state index >= 15 is 0 Å². The maximum atomic E-state index is 12.4. The molecule has 0 spiro atoms. The Bertz CT molecular complexity index is 887. The Morgan fingerprint density at radius 2 is 1.79 bits per heavy atom. The fraction of sp³-hybridized carbons (Fsp3) is 0.333. The van der Waals surface area contributed by atoms with E-state index in [2.05, 4.69) is 10.5 Å². The molecule has 0 radical (unpaired) electrons. The van der Waals surface area contributed by atoms with Crippen LogP contribution in [-0.4, -0.2) is 40.2 Å². The van der Waals surface area contributed by atoms with E-state index in [0.717, 1.165) is 23.5 Å². The molecule has 3 rings (SSSR count). The summed E-state index contributed by atoms with van der Waals surface area (Å²) in [5.41, 5.74) is 3.98. The van der Waals surface area contributed by atoms with Crippen molar-refractivity contribution >= 4 is 12.1 Å². The Balaban J connectivity index is 1.61. The van der Waals surface area contributed by atoms with Crippen molar-refractivity contribution in [1.29, 1.82) is 0 Å². The molecule has 1 N–H and O–H groups in total. The minimum atomic E-state index is -0.379. The highest BCUT2D eigenvalue weighted by Gasteiger charge is 2.17. The second-order valence-electron chi connectivity index (χ2n) is 6.50. The van der Waals surface area contributed by atoms with E-state index in [1.165, 1.54) is 21.3 Å². The van der Waals surface area contributed by atoms with Gasteiger partial charge in [-0.1, -0.05) is 13.0 Å². The van der Waals surface area contributed by atoms with Gasteiger partial charge in [-0.25, -0.2) is 5.43 Å². The predicted octanol–water partition coefficient (Wildman–Crippen LogP) is 3.04. The summed E-state index contributed by atoms with van der Waals surface area (Å²) in [7, 11) is 4.50. The van der Waals surface area contributed by atoms with E-state index in [1.807, 2.05) is 25.1 Å². The topological polar surface area (TPSA) is 87.6 Å². The summed E-state index contributed by atoms with van der Waals surface area (Å²) in [5.74, 6) is 2.46. The van der Waals surface area contributed by atoms with Gasteiger partial charge in [0.15, 0.2) is 23.0 Å². The Labute approximate surface area is 169 Å². The van der Waals surface area contributed by atoms with Gasteiger partial charge in [-0.3, -0.25) is 4.79 Å². The van der Waals surface area contributed by atoms with Gasteiger partial charge in [0.1, 0.15) is 0 Å². The van der Waals surface area contributed by atoms with Crippen LogP contribution in [0.15, 0.2) is 35.4 Å². The zero-order chi connectivity index (χ0) is 20.8. The Hall–Kier alpha value is -3.42. The smallest absolute Gasteiger partial charge is 0.271 e. The molecule has 1 aliphatic heterocycles. The molecule has 2 aromatic carbocycles. The Morgan fingerprint density at radius 3 is 2.45 bits per heavy atom. The molecule has 0 bridgehead atoms. The summed E-state index contributed by atoms with van der Waals surface area (Å²) in [5, 5.41) is 4.08. The van der Waals surface area contributed by atoms with E-state index in [0.29, 0.717) is 22.8 Å². The maximum absolute atomic E-state index is 12.4. The molecular formula is C21H24N2O6. The molecule has 8 nitrogen and oxygen atoms in total. The summed E-state index contributed by atoms with van der Waals surface area (Å²) in [6, 6.07) is 8.99. The minimum absolute atomic E-state index is 0.107. The summed E-state index contributed by atoms with van der Waals surface area (Å²) in [6.07, 6.45) is 2.45. The average molecular weight is 400 g/mol. The van der Waals surface area contributed by atoms with Gasteiger partial charge in [-0.15, -0.1) is 0 Å². The van der Waals surface area contributed by atoms with Crippen LogP contribution in [0.25, 0.3) is 0 Å². The van der Waals surface area contributed by atoms with Crippen molar-refractivity contribution in [3.8, 4) is 28.7 Å². The number of hydrogen-bond donors (Lipinski definition) is 1. The van der Waals surface area contributed by atoms with Gasteiger partial charge in [0.25, 0.3) is 5.91 Å². The quantitative estimate of drug-likeness (QED) is 0.541. The van der Waals surface area contributed by atoms with E-state index in [4.69, 9.17) is 23.7 Å². The first kappa shape index (κ1) is 20.3. The largest absolute Gasteiger partial charge is 0.493 e. The van der Waals surface area contributed by atoms with Crippen molar-refractivity contribution in [2.24, 2.45) is 11.0 Å². The van der Waals surface area contributed by atoms with Crippen LogP contribution in [0, 0.1) is 5.92 Å². The van der Waals surface area contributed by atoms with Crippen molar-refractivity contribution in [3.05, 3.63) is 41.5 Å². The molecule has 0 fully saturated rings. The number of carbonyl (C=O) groups is 1. The van der Waals surface area contributed by atoms with Crippen LogP contribution in [0.4, 0.5) is 0 Å². The molecule has 0 unspecified atom stereocenters. The first-order valence-corrected chi connectivity index (χ1v) is 9.07. The van der Waals surface area contributed by atoms with Crippen LogP contribution in [0.3, 0.4) is 0 Å². The van der Waals surface area contributed by atoms with Crippen LogP contribution in [-0.2, 0) is 6.42 Å². The number of nitrogens with one attached hydrogen (secondary N) is 1. The number of ether oxygens (including phenoxy) is 5. The molecule has 154 valence electrons. The Morgan fingerprint density at radius 1 is 1.10 bits per heavy atom. The zero-order valence-electron chi connectivity index (χ0n) is 16.9. The van der Waals surface area contributed by atoms with E-state index < -0.39 is 0 Å². The third kappa shape index (κ3) is 4.71. The highest BCUT2D eigenvalue weighted by molar-refractivity contribution is 5.95. The molecule has 1 amide bonds. The molecule has 0 saturated heterocycles. The van der Waals surface area contributed by atoms with Crippen LogP contribution >= 0.6 is 0 Å². The second kappa shape index (κ2) is 9.18. The number of fused-ring (bicyclic) bond motifs is 1. The maximum Gasteiger partial charge on any atom is 0.271 e. The van der Waals surface area contributed by atoms with Crippen molar-refractivity contribution in [2.45, 2.75) is 13.3 Å². The molecule has 1 atom stereocenters. The molecule has 0 aromatic heterocycles. The van der Waals surface area contributed by atoms with Crippen molar-refractivity contribution in [3.63, 3.8) is 0 Å². The van der Waals surface area contributed by atoms with Crippen molar-refractivity contribution in [1.82, 2.24) is 5.43 Å². The van der Waals surface area contributed by atoms with Crippen LogP contribution in [0.5, 0.6) is 28.7 Å². The van der Waals surface area contributed by atoms with Gasteiger partial charge in [-0.2, -0.15) is 5.10 Å². The first-order valence-electron chi connectivity index (χ1n) is 9.07. The molecule has 2 aromatic rings. The van der Waals surface area contributed by atoms with Crippen molar-refractivity contribution < 1.29 is 28.5 Å². The van der Waals surface area contributed by atoms with E-state index in [1.54, 1.807) is 18.3 Å². The van der Waals surface area contributed by atoms with Gasteiger partial charge in [0.2, 0.25) is 12.5 Å². The molecular weight excluding hydrogens is 376 g/mol. The third-order valence-corrected chi connectivity index (χ3v) is 4.42. The standard InChI is InChI=1S/C21H24N2O6/c1-13(7-14-5-6-16-17(8-14)29-12-28-16)11-22-23-21(24)15-9-18(25-2)20(27-4)19(10-15)26-3/h5-6,8-11,13H,7,12H2,1-4H3,(H,23,24)/b22-11-/t13-/m0/s1. The summed E-state index contributed by atoms with van der Waals surface area (Å²) < 4.78 is 26.5. The lowest BCUT2D eigenvalue weighted by Gasteiger charge is -2.13. The number of hydrogen-bond acceptors (Lipinski definition) is 7. The number of amides is 1. The molecule has 0 saturated carbocycles. The van der Waals surface area contributed by atoms with Gasteiger partial charge in [0, 0.05) is 11.8 Å². The summed E-state index contributed by atoms with van der Waals surface area (Å²) >= 11 is 0. The molecule has 0 aliphatic carbocycles. The molecule has 8 heteroatoms. The lowest BCUT2D eigenvalue weighted by atomic mass is 10.0. The van der Waals surface area contributed by atoms with Crippen molar-refractivity contribution in [2.75, 3.05) is 28.1 Å². The molecule has 29 heavy (non-hydrogen) atoms. The van der Waals surface area contributed by atoms with Crippen LogP contribution in [0.2, 0.25) is 0 Å². The lowest BCUT2D eigenvalue weighted by molar-refractivity contribution is 0.0954.